The number of carboxylic acid groups (broad SMARTS) is 1. The number of carbonyl (C=O) groups is 2. The molecule has 2 aromatic carbocycles. The molecule has 38 heavy (non-hydrogen) atoms. The number of hydrogen-bond acceptors (Lipinski definition) is 3. The molecule has 6 nitrogen and oxygen atoms in total. The first-order valence-electron chi connectivity index (χ1n) is 14.2. The molecule has 206 valence electrons. The van der Waals surface area contributed by atoms with Gasteiger partial charge in [0, 0.05) is 0 Å². The zero-order valence-electron chi connectivity index (χ0n) is 23.2. The summed E-state index contributed by atoms with van der Waals surface area (Å²) in [5.74, 6) is -1.08. The van der Waals surface area contributed by atoms with Gasteiger partial charge in [0.25, 0.3) is 0 Å². The van der Waals surface area contributed by atoms with E-state index in [9.17, 15) is 14.7 Å². The number of aromatic nitrogens is 1. The van der Waals surface area contributed by atoms with Crippen LogP contribution in [-0.4, -0.2) is 46.6 Å². The summed E-state index contributed by atoms with van der Waals surface area (Å²) in [4.78, 5) is 27.7. The molecule has 3 aromatic rings. The Morgan fingerprint density at radius 3 is 2.16 bits per heavy atom. The third kappa shape index (κ3) is 8.26. The molecular weight excluding hydrogens is 583 g/mol. The number of aliphatic carboxylic acids is 1. The zero-order valence-corrected chi connectivity index (χ0v) is 26.1. The molecule has 0 radical (unpaired) electrons. The third-order valence-corrected chi connectivity index (χ3v) is 23.2. The van der Waals surface area contributed by atoms with Crippen LogP contribution in [0.3, 0.4) is 0 Å². The number of rotatable bonds is 16. The first kappa shape index (κ1) is 30.1. The summed E-state index contributed by atoms with van der Waals surface area (Å²) < 4.78 is 11.1. The van der Waals surface area contributed by atoms with Gasteiger partial charge in [0.05, 0.1) is 0 Å². The van der Waals surface area contributed by atoms with Crippen molar-refractivity contribution < 1.29 is 19.4 Å². The number of carboxylic acids is 1. The minimum absolute atomic E-state index is 0.0938. The van der Waals surface area contributed by atoms with Crippen molar-refractivity contribution in [3.63, 3.8) is 0 Å². The summed E-state index contributed by atoms with van der Waals surface area (Å²) in [7, 11) is 0. The van der Waals surface area contributed by atoms with Crippen LogP contribution in [0.1, 0.15) is 70.4 Å². The van der Waals surface area contributed by atoms with Gasteiger partial charge < -0.3 is 0 Å². The number of unbranched alkanes of at least 4 members (excludes halogenated alkanes) is 3. The molecule has 3 N–H and O–H groups in total. The number of amides is 1. The maximum absolute atomic E-state index is 12.3. The Balaban J connectivity index is 1.78. The molecule has 0 spiro atoms. The topological polar surface area (TPSA) is 91.4 Å². The van der Waals surface area contributed by atoms with E-state index in [0.717, 1.165) is 22.0 Å². The first-order chi connectivity index (χ1) is 18.4. The molecule has 0 unspecified atom stereocenters. The van der Waals surface area contributed by atoms with Crippen LogP contribution >= 0.6 is 0 Å². The summed E-state index contributed by atoms with van der Waals surface area (Å²) >= 11 is -2.57. The third-order valence-electron chi connectivity index (χ3n) is 7.63. The SMILES string of the molecule is CCC[CH2][Sn]([CH2]CCC)([CH2]CCC)[c]1ccc2c(C[C@@H](NC(=O)OCc3ccccc3)C(=O)O)c[nH]c2c1. The van der Waals surface area contributed by atoms with E-state index >= 15 is 0 Å². The molecule has 0 aliphatic heterocycles. The molecule has 0 bridgehead atoms. The van der Waals surface area contributed by atoms with Crippen molar-refractivity contribution in [3.8, 4) is 0 Å². The van der Waals surface area contributed by atoms with E-state index in [2.05, 4.69) is 49.3 Å². The van der Waals surface area contributed by atoms with Crippen molar-refractivity contribution in [2.45, 2.75) is 91.7 Å². The van der Waals surface area contributed by atoms with Crippen LogP contribution < -0.4 is 8.90 Å². The second kappa shape index (κ2) is 15.2. The van der Waals surface area contributed by atoms with Gasteiger partial charge in [-0.1, -0.05) is 30.3 Å². The van der Waals surface area contributed by atoms with E-state index in [1.54, 1.807) is 3.58 Å². The van der Waals surface area contributed by atoms with Gasteiger partial charge in [0.15, 0.2) is 0 Å². The predicted molar refractivity (Wildman–Crippen MR) is 158 cm³/mol. The standard InChI is InChI=1S/C19H17N2O4.3C4H9.Sn/c22-18(23)17(10-14-11-20-16-9-5-4-8-15(14)16)21-19(24)25-12-13-6-2-1-3-7-13;3*1-3-4-2;/h1-4,6-9,11,17,20H,10,12H2,(H,21,24)(H,22,23);3*1,3-4H2,2H3;/t17-;;;;/m1..../s1. The Bertz CT molecular complexity index is 1140. The molecule has 1 amide bonds. The van der Waals surface area contributed by atoms with E-state index in [-0.39, 0.29) is 13.0 Å². The summed E-state index contributed by atoms with van der Waals surface area (Å²) in [5, 5.41) is 13.4. The van der Waals surface area contributed by atoms with Gasteiger partial charge in [-0.05, 0) is 0 Å². The summed E-state index contributed by atoms with van der Waals surface area (Å²) in [6.07, 6.45) is 8.99. The molecule has 1 aromatic heterocycles. The molecule has 0 aliphatic rings. The van der Waals surface area contributed by atoms with Crippen molar-refractivity contribution in [1.29, 1.82) is 0 Å². The van der Waals surface area contributed by atoms with Crippen molar-refractivity contribution in [2.24, 2.45) is 0 Å². The molecule has 1 heterocycles. The number of hydrogen-bond donors (Lipinski definition) is 3. The predicted octanol–water partition coefficient (Wildman–Crippen LogP) is 7.15. The average molecular weight is 627 g/mol. The van der Waals surface area contributed by atoms with Gasteiger partial charge in [-0.2, -0.15) is 0 Å². The van der Waals surface area contributed by atoms with Gasteiger partial charge >= 0.3 is 202 Å². The minimum atomic E-state index is -2.57. The summed E-state index contributed by atoms with van der Waals surface area (Å²) in [6, 6.07) is 15.1. The Kier molecular flexibility index (Phi) is 12.0. The monoisotopic (exact) mass is 628 g/mol. The fourth-order valence-electron chi connectivity index (χ4n) is 5.37. The van der Waals surface area contributed by atoms with Crippen LogP contribution in [0.5, 0.6) is 0 Å². The summed E-state index contributed by atoms with van der Waals surface area (Å²) in [5.41, 5.74) is 2.80. The second-order valence-electron chi connectivity index (χ2n) is 10.5. The normalized spacial score (nSPS) is 12.4. The fourth-order valence-corrected chi connectivity index (χ4v) is 21.3. The van der Waals surface area contributed by atoms with Crippen LogP contribution in [0.4, 0.5) is 4.79 Å². The Labute approximate surface area is 231 Å². The Morgan fingerprint density at radius 1 is 0.947 bits per heavy atom. The number of aromatic amines is 1. The van der Waals surface area contributed by atoms with E-state index in [1.807, 2.05) is 36.5 Å². The first-order valence-corrected chi connectivity index (χ1v) is 21.7. The van der Waals surface area contributed by atoms with E-state index in [1.165, 1.54) is 51.8 Å². The molecule has 1 atom stereocenters. The Morgan fingerprint density at radius 2 is 1.58 bits per heavy atom. The van der Waals surface area contributed by atoms with Crippen molar-refractivity contribution in [2.75, 3.05) is 0 Å². The zero-order chi connectivity index (χ0) is 27.4. The van der Waals surface area contributed by atoms with Gasteiger partial charge in [-0.15, -0.1) is 0 Å². The van der Waals surface area contributed by atoms with Crippen LogP contribution in [0.15, 0.2) is 54.7 Å². The number of alkyl carbamates (subject to hydrolysis) is 1. The Hall–Kier alpha value is -2.48. The second-order valence-corrected chi connectivity index (χ2v) is 23.7. The van der Waals surface area contributed by atoms with E-state index in [0.29, 0.717) is 0 Å². The molecule has 3 rings (SSSR count). The molecule has 7 heteroatoms. The maximum atomic E-state index is 12.3. The quantitative estimate of drug-likeness (QED) is 0.147. The van der Waals surface area contributed by atoms with Gasteiger partial charge in [0.2, 0.25) is 0 Å². The fraction of sp³-hybridized carbons (Fsp3) is 0.484. The van der Waals surface area contributed by atoms with Crippen LogP contribution in [0.2, 0.25) is 13.3 Å². The number of benzene rings is 2. The number of fused-ring (bicyclic) bond motifs is 1. The number of carbonyl (C=O) groups excluding carboxylic acids is 1. The number of nitrogens with one attached hydrogen (secondary N) is 2. The van der Waals surface area contributed by atoms with Gasteiger partial charge in [-0.25, -0.2) is 0 Å². The average Bonchev–Trinajstić information content (AvgIpc) is 3.34. The van der Waals surface area contributed by atoms with Crippen molar-refractivity contribution >= 4 is 44.9 Å². The van der Waals surface area contributed by atoms with Crippen molar-refractivity contribution in [3.05, 3.63) is 65.9 Å². The summed E-state index contributed by atoms with van der Waals surface area (Å²) in [6.45, 7) is 6.97. The van der Waals surface area contributed by atoms with Gasteiger partial charge in [0.1, 0.15) is 0 Å². The van der Waals surface area contributed by atoms with E-state index in [4.69, 9.17) is 4.74 Å². The molecule has 0 aliphatic carbocycles. The molecule has 0 saturated carbocycles. The number of ether oxygens (including phenoxy) is 1. The van der Waals surface area contributed by atoms with E-state index < -0.39 is 36.5 Å². The molecule has 0 saturated heterocycles. The number of H-pyrrole nitrogens is 1. The van der Waals surface area contributed by atoms with Crippen LogP contribution in [0.25, 0.3) is 10.9 Å². The van der Waals surface area contributed by atoms with Crippen LogP contribution in [-0.2, 0) is 22.6 Å². The molecular formula is C31H44N2O4Sn. The molecule has 0 fully saturated rings. The van der Waals surface area contributed by atoms with Crippen molar-refractivity contribution in [1.82, 2.24) is 10.3 Å². The van der Waals surface area contributed by atoms with Gasteiger partial charge in [-0.3, -0.25) is 0 Å². The van der Waals surface area contributed by atoms with Crippen LogP contribution in [0, 0.1) is 0 Å².